The Morgan fingerprint density at radius 2 is 1.88 bits per heavy atom. The molecule has 0 aliphatic carbocycles. The van der Waals surface area contributed by atoms with Crippen LogP contribution in [0.2, 0.25) is 0 Å². The van der Waals surface area contributed by atoms with Crippen LogP contribution in [0, 0.1) is 0 Å². The molecule has 1 aromatic carbocycles. The number of rotatable bonds is 3. The normalized spacial score (nSPS) is 11.5. The number of hydrogen-bond acceptors (Lipinski definition) is 4. The summed E-state index contributed by atoms with van der Waals surface area (Å²) in [5.41, 5.74) is -0.0868. The largest absolute Gasteiger partial charge is 0.428 e. The van der Waals surface area contributed by atoms with Crippen LogP contribution < -0.4 is 0 Å². The molecule has 16 heavy (non-hydrogen) atoms. The summed E-state index contributed by atoms with van der Waals surface area (Å²) in [5, 5.41) is -1.33. The van der Waals surface area contributed by atoms with Crippen molar-refractivity contribution in [3.63, 3.8) is 0 Å². The van der Waals surface area contributed by atoms with Crippen LogP contribution in [-0.2, 0) is 14.6 Å². The molecule has 1 rings (SSSR count). The summed E-state index contributed by atoms with van der Waals surface area (Å²) in [5.74, 6) is -0.879. The molecule has 0 N–H and O–H groups in total. The lowest BCUT2D eigenvalue weighted by Crippen LogP contribution is -2.13. The SMILES string of the molecule is CS(=O)(=O)c1ccccc1C(=O)OC(Cl)Cl. The van der Waals surface area contributed by atoms with Gasteiger partial charge in [0.1, 0.15) is 0 Å². The van der Waals surface area contributed by atoms with Crippen molar-refractivity contribution < 1.29 is 17.9 Å². The van der Waals surface area contributed by atoms with Gasteiger partial charge < -0.3 is 4.74 Å². The van der Waals surface area contributed by atoms with Crippen molar-refractivity contribution in [2.24, 2.45) is 0 Å². The fraction of sp³-hybridized carbons (Fsp3) is 0.222. The van der Waals surface area contributed by atoms with Gasteiger partial charge in [-0.1, -0.05) is 35.3 Å². The molecule has 0 bridgehead atoms. The number of benzene rings is 1. The van der Waals surface area contributed by atoms with Crippen molar-refractivity contribution in [3.05, 3.63) is 29.8 Å². The van der Waals surface area contributed by atoms with E-state index in [1.807, 2.05) is 0 Å². The van der Waals surface area contributed by atoms with Gasteiger partial charge in [0.2, 0.25) is 0 Å². The number of carbonyl (C=O) groups excluding carboxylic acids is 1. The molecular formula is C9H8Cl2O4S. The highest BCUT2D eigenvalue weighted by atomic mass is 35.5. The summed E-state index contributed by atoms with van der Waals surface area (Å²) in [4.78, 5) is 11.4. The zero-order valence-electron chi connectivity index (χ0n) is 8.18. The molecule has 0 fully saturated rings. The van der Waals surface area contributed by atoms with Crippen LogP contribution in [-0.4, -0.2) is 25.7 Å². The number of carbonyl (C=O) groups is 1. The van der Waals surface area contributed by atoms with Gasteiger partial charge in [-0.2, -0.15) is 0 Å². The topological polar surface area (TPSA) is 60.4 Å². The first kappa shape index (κ1) is 13.3. The maximum Gasteiger partial charge on any atom is 0.341 e. The first-order valence-corrected chi connectivity index (χ1v) is 6.87. The predicted molar refractivity (Wildman–Crippen MR) is 60.5 cm³/mol. The van der Waals surface area contributed by atoms with Crippen LogP contribution in [0.1, 0.15) is 10.4 Å². The van der Waals surface area contributed by atoms with Crippen LogP contribution in [0.4, 0.5) is 0 Å². The molecular weight excluding hydrogens is 275 g/mol. The number of sulfone groups is 1. The second-order valence-electron chi connectivity index (χ2n) is 2.93. The molecule has 0 spiro atoms. The van der Waals surface area contributed by atoms with E-state index in [9.17, 15) is 13.2 Å². The number of ether oxygens (including phenoxy) is 1. The van der Waals surface area contributed by atoms with E-state index in [1.165, 1.54) is 24.3 Å². The third-order valence-electron chi connectivity index (χ3n) is 1.70. The van der Waals surface area contributed by atoms with Crippen molar-refractivity contribution in [1.82, 2.24) is 0 Å². The molecule has 0 unspecified atom stereocenters. The van der Waals surface area contributed by atoms with Gasteiger partial charge in [-0.25, -0.2) is 13.2 Å². The summed E-state index contributed by atoms with van der Waals surface area (Å²) >= 11 is 10.5. The highest BCUT2D eigenvalue weighted by molar-refractivity contribution is 7.90. The second kappa shape index (κ2) is 5.03. The molecule has 0 amide bonds. The van der Waals surface area contributed by atoms with Crippen molar-refractivity contribution in [1.29, 1.82) is 0 Å². The van der Waals surface area contributed by atoms with Gasteiger partial charge in [0.25, 0.3) is 5.02 Å². The monoisotopic (exact) mass is 282 g/mol. The van der Waals surface area contributed by atoms with Crippen molar-refractivity contribution in [3.8, 4) is 0 Å². The first-order chi connectivity index (χ1) is 7.32. The minimum Gasteiger partial charge on any atom is -0.428 e. The van der Waals surface area contributed by atoms with Gasteiger partial charge in [0.15, 0.2) is 9.84 Å². The highest BCUT2D eigenvalue weighted by Gasteiger charge is 2.20. The van der Waals surface area contributed by atoms with E-state index < -0.39 is 20.8 Å². The van der Waals surface area contributed by atoms with Crippen molar-refractivity contribution in [2.45, 2.75) is 9.92 Å². The summed E-state index contributed by atoms with van der Waals surface area (Å²) in [6.07, 6.45) is 0.998. The number of hydrogen-bond donors (Lipinski definition) is 0. The molecule has 0 saturated heterocycles. The van der Waals surface area contributed by atoms with E-state index in [0.29, 0.717) is 0 Å². The van der Waals surface area contributed by atoms with E-state index in [1.54, 1.807) is 0 Å². The number of esters is 1. The predicted octanol–water partition coefficient (Wildman–Crippen LogP) is 2.01. The third kappa shape index (κ3) is 3.37. The number of halogens is 2. The van der Waals surface area contributed by atoms with Gasteiger partial charge in [-0.05, 0) is 12.1 Å². The molecule has 0 saturated carbocycles. The molecule has 0 radical (unpaired) electrons. The Bertz CT molecular complexity index is 496. The van der Waals surface area contributed by atoms with E-state index >= 15 is 0 Å². The van der Waals surface area contributed by atoms with Crippen LogP contribution >= 0.6 is 23.2 Å². The lowest BCUT2D eigenvalue weighted by molar-refractivity contribution is 0.0531. The van der Waals surface area contributed by atoms with Gasteiger partial charge in [-0.3, -0.25) is 0 Å². The molecule has 0 aliphatic heterocycles. The second-order valence-corrected chi connectivity index (χ2v) is 5.93. The molecule has 1 aromatic rings. The summed E-state index contributed by atoms with van der Waals surface area (Å²) < 4.78 is 27.2. The standard InChI is InChI=1S/C9H8Cl2O4S/c1-16(13,14)7-5-3-2-4-6(7)8(12)15-9(10)11/h2-5,9H,1H3. The average Bonchev–Trinajstić information content (AvgIpc) is 2.15. The summed E-state index contributed by atoms with van der Waals surface area (Å²) in [6.45, 7) is 0. The van der Waals surface area contributed by atoms with Crippen LogP contribution in [0.3, 0.4) is 0 Å². The van der Waals surface area contributed by atoms with Gasteiger partial charge in [0, 0.05) is 6.26 Å². The molecule has 7 heteroatoms. The first-order valence-electron chi connectivity index (χ1n) is 4.10. The third-order valence-corrected chi connectivity index (χ3v) is 3.04. The quantitative estimate of drug-likeness (QED) is 0.629. The van der Waals surface area contributed by atoms with Gasteiger partial charge >= 0.3 is 5.97 Å². The summed E-state index contributed by atoms with van der Waals surface area (Å²) in [6, 6.07) is 5.66. The Labute approximate surface area is 103 Å². The number of alkyl halides is 2. The summed E-state index contributed by atoms with van der Waals surface area (Å²) in [7, 11) is -3.50. The Balaban J connectivity index is 3.19. The van der Waals surface area contributed by atoms with E-state index in [-0.39, 0.29) is 10.5 Å². The molecule has 88 valence electrons. The highest BCUT2D eigenvalue weighted by Crippen LogP contribution is 2.18. The van der Waals surface area contributed by atoms with Crippen molar-refractivity contribution >= 4 is 39.0 Å². The maximum atomic E-state index is 11.5. The van der Waals surface area contributed by atoms with Crippen LogP contribution in [0.5, 0.6) is 0 Å². The van der Waals surface area contributed by atoms with Gasteiger partial charge in [0.05, 0.1) is 10.5 Å². The van der Waals surface area contributed by atoms with E-state index in [2.05, 4.69) is 4.74 Å². The van der Waals surface area contributed by atoms with Crippen LogP contribution in [0.15, 0.2) is 29.2 Å². The van der Waals surface area contributed by atoms with Crippen molar-refractivity contribution in [2.75, 3.05) is 6.26 Å². The zero-order chi connectivity index (χ0) is 12.3. The molecule has 0 aliphatic rings. The Hall–Kier alpha value is -0.780. The molecule has 0 aromatic heterocycles. The maximum absolute atomic E-state index is 11.5. The molecule has 0 heterocycles. The zero-order valence-corrected chi connectivity index (χ0v) is 10.5. The van der Waals surface area contributed by atoms with E-state index in [0.717, 1.165) is 6.26 Å². The lowest BCUT2D eigenvalue weighted by Gasteiger charge is -2.08. The van der Waals surface area contributed by atoms with Crippen LogP contribution in [0.25, 0.3) is 0 Å². The molecule has 0 atom stereocenters. The van der Waals surface area contributed by atoms with E-state index in [4.69, 9.17) is 23.2 Å². The minimum atomic E-state index is -3.50. The average molecular weight is 283 g/mol. The fourth-order valence-corrected chi connectivity index (χ4v) is 2.14. The fourth-order valence-electron chi connectivity index (χ4n) is 1.10. The smallest absolute Gasteiger partial charge is 0.341 e. The Morgan fingerprint density at radius 3 is 2.38 bits per heavy atom. The minimum absolute atomic E-state index is 0.0868. The Kier molecular flexibility index (Phi) is 4.18. The lowest BCUT2D eigenvalue weighted by atomic mass is 10.2. The molecule has 4 nitrogen and oxygen atoms in total. The Morgan fingerprint density at radius 1 is 1.31 bits per heavy atom. The van der Waals surface area contributed by atoms with Gasteiger partial charge in [-0.15, -0.1) is 0 Å².